The zero-order valence-electron chi connectivity index (χ0n) is 12.0. The predicted molar refractivity (Wildman–Crippen MR) is 73.2 cm³/mol. The van der Waals surface area contributed by atoms with Crippen molar-refractivity contribution in [2.75, 3.05) is 19.0 Å². The summed E-state index contributed by atoms with van der Waals surface area (Å²) in [6, 6.07) is 5.08. The van der Waals surface area contributed by atoms with Gasteiger partial charge in [0.2, 0.25) is 0 Å². The Hall–Kier alpha value is -1.12. The third-order valence-corrected chi connectivity index (χ3v) is 2.01. The van der Waals surface area contributed by atoms with Crippen molar-refractivity contribution in [3.8, 4) is 0 Å². The molecule has 1 nitrogen and oxygen atoms in total. The van der Waals surface area contributed by atoms with Crippen molar-refractivity contribution in [2.24, 2.45) is 0 Å². The van der Waals surface area contributed by atoms with Gasteiger partial charge in [-0.25, -0.2) is 8.78 Å². The van der Waals surface area contributed by atoms with Crippen LogP contribution in [0.1, 0.15) is 45.2 Å². The molecule has 0 spiro atoms. The van der Waals surface area contributed by atoms with Gasteiger partial charge in [0.05, 0.1) is 0 Å². The third-order valence-electron chi connectivity index (χ3n) is 2.01. The summed E-state index contributed by atoms with van der Waals surface area (Å²) in [5, 5.41) is 0. The van der Waals surface area contributed by atoms with Crippen molar-refractivity contribution in [2.45, 2.75) is 41.0 Å². The van der Waals surface area contributed by atoms with Crippen LogP contribution in [0.2, 0.25) is 0 Å². The van der Waals surface area contributed by atoms with Crippen LogP contribution in [0.3, 0.4) is 0 Å². The molecule has 3 heteroatoms. The molecule has 0 saturated heterocycles. The quantitative estimate of drug-likeness (QED) is 0.704. The van der Waals surface area contributed by atoms with E-state index in [1.54, 1.807) is 13.0 Å². The van der Waals surface area contributed by atoms with E-state index in [-0.39, 0.29) is 5.56 Å². The highest BCUT2D eigenvalue weighted by atomic mass is 19.3. The van der Waals surface area contributed by atoms with Gasteiger partial charge in [-0.05, 0) is 24.6 Å². The third kappa shape index (κ3) is 6.25. The molecule has 1 aromatic rings. The standard InChI is InChI=1S/C10H13F2N.2C2H6/c1-7-4-5-8(13(2)3)6-9(7)10(11)12;2*1-2/h4-6,10H,1-3H3;2*1-2H3. The van der Waals surface area contributed by atoms with Crippen LogP contribution in [0.5, 0.6) is 0 Å². The van der Waals surface area contributed by atoms with E-state index in [0.717, 1.165) is 5.69 Å². The Morgan fingerprint density at radius 2 is 1.47 bits per heavy atom. The molecular weight excluding hydrogens is 220 g/mol. The van der Waals surface area contributed by atoms with E-state index in [1.165, 1.54) is 6.07 Å². The van der Waals surface area contributed by atoms with Crippen LogP contribution in [0.15, 0.2) is 18.2 Å². The van der Waals surface area contributed by atoms with Crippen LogP contribution in [0, 0.1) is 6.92 Å². The number of rotatable bonds is 2. The molecule has 0 aliphatic carbocycles. The Kier molecular flexibility index (Phi) is 10.8. The van der Waals surface area contributed by atoms with E-state index in [4.69, 9.17) is 0 Å². The fraction of sp³-hybridized carbons (Fsp3) is 0.571. The molecule has 0 aliphatic heterocycles. The summed E-state index contributed by atoms with van der Waals surface area (Å²) >= 11 is 0. The first-order valence-electron chi connectivity index (χ1n) is 6.08. The van der Waals surface area contributed by atoms with Crippen molar-refractivity contribution >= 4 is 5.69 Å². The summed E-state index contributed by atoms with van der Waals surface area (Å²) in [4.78, 5) is 1.81. The predicted octanol–water partition coefficient (Wildman–Crippen LogP) is 5.05. The number of hydrogen-bond donors (Lipinski definition) is 0. The average Bonchev–Trinajstić information content (AvgIpc) is 2.34. The van der Waals surface area contributed by atoms with Gasteiger partial charge < -0.3 is 4.90 Å². The first-order valence-corrected chi connectivity index (χ1v) is 6.08. The number of nitrogens with zero attached hydrogens (tertiary/aromatic N) is 1. The lowest BCUT2D eigenvalue weighted by Gasteiger charge is -2.14. The van der Waals surface area contributed by atoms with E-state index in [9.17, 15) is 8.78 Å². The number of hydrogen-bond acceptors (Lipinski definition) is 1. The molecule has 0 radical (unpaired) electrons. The lowest BCUT2D eigenvalue weighted by Crippen LogP contribution is -2.09. The van der Waals surface area contributed by atoms with Crippen LogP contribution >= 0.6 is 0 Å². The van der Waals surface area contributed by atoms with Gasteiger partial charge in [0.25, 0.3) is 6.43 Å². The lowest BCUT2D eigenvalue weighted by atomic mass is 10.1. The summed E-state index contributed by atoms with van der Waals surface area (Å²) in [6.07, 6.45) is -2.39. The number of aryl methyl sites for hydroxylation is 1. The topological polar surface area (TPSA) is 3.24 Å². The highest BCUT2D eigenvalue weighted by molar-refractivity contribution is 5.50. The molecule has 0 atom stereocenters. The Labute approximate surface area is 104 Å². The van der Waals surface area contributed by atoms with E-state index in [0.29, 0.717) is 5.56 Å². The van der Waals surface area contributed by atoms with Crippen LogP contribution < -0.4 is 4.90 Å². The highest BCUT2D eigenvalue weighted by Gasteiger charge is 2.11. The largest absolute Gasteiger partial charge is 0.378 e. The van der Waals surface area contributed by atoms with Gasteiger partial charge in [-0.1, -0.05) is 33.8 Å². The molecule has 1 aromatic carbocycles. The maximum atomic E-state index is 12.5. The molecule has 0 heterocycles. The summed E-state index contributed by atoms with van der Waals surface area (Å²) < 4.78 is 24.9. The Bertz CT molecular complexity index is 296. The van der Waals surface area contributed by atoms with Gasteiger partial charge in [0.15, 0.2) is 0 Å². The minimum absolute atomic E-state index is 0.117. The van der Waals surface area contributed by atoms with Crippen LogP contribution in [-0.4, -0.2) is 14.1 Å². The Balaban J connectivity index is 0. The molecule has 0 N–H and O–H groups in total. The van der Waals surface area contributed by atoms with E-state index in [2.05, 4.69) is 0 Å². The molecule has 0 fully saturated rings. The monoisotopic (exact) mass is 245 g/mol. The zero-order chi connectivity index (χ0) is 14.0. The molecule has 0 bridgehead atoms. The van der Waals surface area contributed by atoms with Crippen molar-refractivity contribution < 1.29 is 8.78 Å². The van der Waals surface area contributed by atoms with Crippen LogP contribution in [0.25, 0.3) is 0 Å². The van der Waals surface area contributed by atoms with E-state index in [1.807, 2.05) is 52.8 Å². The van der Waals surface area contributed by atoms with Crippen molar-refractivity contribution in [3.63, 3.8) is 0 Å². The molecule has 0 aliphatic rings. The molecule has 0 saturated carbocycles. The van der Waals surface area contributed by atoms with Crippen LogP contribution in [-0.2, 0) is 0 Å². The van der Waals surface area contributed by atoms with Gasteiger partial charge in [0, 0.05) is 25.3 Å². The minimum Gasteiger partial charge on any atom is -0.378 e. The van der Waals surface area contributed by atoms with Gasteiger partial charge >= 0.3 is 0 Å². The van der Waals surface area contributed by atoms with Crippen LogP contribution in [0.4, 0.5) is 14.5 Å². The van der Waals surface area contributed by atoms with Crippen molar-refractivity contribution in [1.82, 2.24) is 0 Å². The number of halogens is 2. The number of alkyl halides is 2. The summed E-state index contributed by atoms with van der Waals surface area (Å²) in [6.45, 7) is 9.70. The molecule has 0 amide bonds. The van der Waals surface area contributed by atoms with Gasteiger partial charge in [-0.3, -0.25) is 0 Å². The smallest absolute Gasteiger partial charge is 0.264 e. The SMILES string of the molecule is CC.CC.Cc1ccc(N(C)C)cc1C(F)F. The molecule has 1 rings (SSSR count). The molecule has 0 aromatic heterocycles. The van der Waals surface area contributed by atoms with Crippen molar-refractivity contribution in [1.29, 1.82) is 0 Å². The van der Waals surface area contributed by atoms with Gasteiger partial charge in [-0.2, -0.15) is 0 Å². The Morgan fingerprint density at radius 3 is 1.82 bits per heavy atom. The lowest BCUT2D eigenvalue weighted by molar-refractivity contribution is 0.150. The summed E-state index contributed by atoms with van der Waals surface area (Å²) in [5.74, 6) is 0. The highest BCUT2D eigenvalue weighted by Crippen LogP contribution is 2.26. The molecule has 0 unspecified atom stereocenters. The maximum absolute atomic E-state index is 12.5. The second-order valence-corrected chi connectivity index (χ2v) is 3.24. The zero-order valence-corrected chi connectivity index (χ0v) is 12.0. The summed E-state index contributed by atoms with van der Waals surface area (Å²) in [5.41, 5.74) is 1.56. The molecule has 17 heavy (non-hydrogen) atoms. The Morgan fingerprint density at radius 1 is 1.00 bits per heavy atom. The number of benzene rings is 1. The first-order chi connectivity index (χ1) is 8.02. The van der Waals surface area contributed by atoms with Gasteiger partial charge in [-0.15, -0.1) is 0 Å². The number of anilines is 1. The second-order valence-electron chi connectivity index (χ2n) is 3.24. The minimum atomic E-state index is -2.39. The van der Waals surface area contributed by atoms with Gasteiger partial charge in [0.1, 0.15) is 0 Å². The van der Waals surface area contributed by atoms with E-state index < -0.39 is 6.43 Å². The first kappa shape index (κ1) is 18.3. The average molecular weight is 245 g/mol. The fourth-order valence-electron chi connectivity index (χ4n) is 1.14. The maximum Gasteiger partial charge on any atom is 0.264 e. The fourth-order valence-corrected chi connectivity index (χ4v) is 1.14. The second kappa shape index (κ2) is 10.1. The van der Waals surface area contributed by atoms with Crippen molar-refractivity contribution in [3.05, 3.63) is 29.3 Å². The van der Waals surface area contributed by atoms with E-state index >= 15 is 0 Å². The molecular formula is C14H25F2N. The normalized spacial score (nSPS) is 8.82. The summed E-state index contributed by atoms with van der Waals surface area (Å²) in [7, 11) is 3.67. The molecule has 100 valence electrons.